The molecular formula is C26H28N8O2. The summed E-state index contributed by atoms with van der Waals surface area (Å²) in [5.74, 6) is 0. The van der Waals surface area contributed by atoms with Crippen molar-refractivity contribution in [3.05, 3.63) is 121 Å². The monoisotopic (exact) mass is 484 g/mol. The van der Waals surface area contributed by atoms with Gasteiger partial charge < -0.3 is 0 Å². The van der Waals surface area contributed by atoms with Crippen LogP contribution in [-0.4, -0.2) is 12.1 Å². The number of hydrazine groups is 4. The number of benzene rings is 4. The third kappa shape index (κ3) is 10.0. The lowest BCUT2D eigenvalue weighted by Crippen LogP contribution is -2.41. The van der Waals surface area contributed by atoms with Crippen molar-refractivity contribution in [2.75, 3.05) is 21.7 Å². The Kier molecular flexibility index (Phi) is 10.3. The molecular weight excluding hydrogens is 456 g/mol. The molecule has 0 unspecified atom stereocenters. The molecule has 0 spiro atoms. The van der Waals surface area contributed by atoms with Crippen molar-refractivity contribution in [3.63, 3.8) is 0 Å². The fourth-order valence-electron chi connectivity index (χ4n) is 2.66. The van der Waals surface area contributed by atoms with Gasteiger partial charge >= 0.3 is 12.1 Å². The van der Waals surface area contributed by atoms with Crippen LogP contribution in [0, 0.1) is 0 Å². The van der Waals surface area contributed by atoms with E-state index < -0.39 is 0 Å². The molecule has 0 heterocycles. The molecule has 0 aliphatic carbocycles. The number of urea groups is 2. The van der Waals surface area contributed by atoms with E-state index in [-0.39, 0.29) is 12.1 Å². The largest absolute Gasteiger partial charge is 0.352 e. The predicted octanol–water partition coefficient (Wildman–Crippen LogP) is 4.68. The van der Waals surface area contributed by atoms with Gasteiger partial charge in [-0.2, -0.15) is 0 Å². The fraction of sp³-hybridized carbons (Fsp3) is 0. The Hall–Kier alpha value is -5.38. The van der Waals surface area contributed by atoms with Crippen molar-refractivity contribution in [2.24, 2.45) is 0 Å². The Labute approximate surface area is 209 Å². The molecule has 10 nitrogen and oxygen atoms in total. The van der Waals surface area contributed by atoms with Crippen molar-refractivity contribution in [2.45, 2.75) is 0 Å². The second-order valence-electron chi connectivity index (χ2n) is 7.12. The standard InChI is InChI=1S/2C13H14N4O/c2*18-13(16-14-11-7-3-1-4-8-11)17-15-12-9-5-2-6-10-12/h2*1-10,14-15H,(H2,16,17,18). The van der Waals surface area contributed by atoms with E-state index >= 15 is 0 Å². The smallest absolute Gasteiger partial charge is 0.297 e. The van der Waals surface area contributed by atoms with Gasteiger partial charge in [0.15, 0.2) is 0 Å². The molecule has 4 aromatic carbocycles. The van der Waals surface area contributed by atoms with Crippen molar-refractivity contribution < 1.29 is 9.59 Å². The highest BCUT2D eigenvalue weighted by Gasteiger charge is 1.99. The molecule has 184 valence electrons. The summed E-state index contributed by atoms with van der Waals surface area (Å²) < 4.78 is 0. The highest BCUT2D eigenvalue weighted by atomic mass is 16.2. The van der Waals surface area contributed by atoms with Crippen molar-refractivity contribution in [3.8, 4) is 0 Å². The normalized spacial score (nSPS) is 9.33. The summed E-state index contributed by atoms with van der Waals surface area (Å²) in [6, 6.07) is 36.7. The van der Waals surface area contributed by atoms with E-state index in [1.54, 1.807) is 0 Å². The number of hydrogen-bond donors (Lipinski definition) is 8. The van der Waals surface area contributed by atoms with Crippen molar-refractivity contribution in [1.29, 1.82) is 0 Å². The topological polar surface area (TPSA) is 130 Å². The number of carbonyl (C=O) groups is 2. The molecule has 0 aliphatic rings. The average molecular weight is 485 g/mol. The van der Waals surface area contributed by atoms with Gasteiger partial charge in [-0.05, 0) is 48.5 Å². The van der Waals surface area contributed by atoms with Crippen LogP contribution in [0.4, 0.5) is 32.3 Å². The lowest BCUT2D eigenvalue weighted by molar-refractivity contribution is 0.244. The van der Waals surface area contributed by atoms with Crippen LogP contribution in [0.5, 0.6) is 0 Å². The van der Waals surface area contributed by atoms with E-state index in [0.717, 1.165) is 22.7 Å². The average Bonchev–Trinajstić information content (AvgIpc) is 2.95. The summed E-state index contributed by atoms with van der Waals surface area (Å²) in [7, 11) is 0. The molecule has 4 rings (SSSR count). The summed E-state index contributed by atoms with van der Waals surface area (Å²) in [6.45, 7) is 0. The van der Waals surface area contributed by atoms with Crippen LogP contribution in [-0.2, 0) is 0 Å². The van der Waals surface area contributed by atoms with E-state index in [1.807, 2.05) is 121 Å². The Bertz CT molecular complexity index is 978. The van der Waals surface area contributed by atoms with Crippen LogP contribution in [0.2, 0.25) is 0 Å². The summed E-state index contributed by atoms with van der Waals surface area (Å²) >= 11 is 0. The molecule has 4 amide bonds. The van der Waals surface area contributed by atoms with Gasteiger partial charge in [0.25, 0.3) is 0 Å². The lowest BCUT2D eigenvalue weighted by Gasteiger charge is -2.11. The minimum atomic E-state index is -0.372. The highest BCUT2D eigenvalue weighted by Crippen LogP contribution is 2.05. The molecule has 36 heavy (non-hydrogen) atoms. The summed E-state index contributed by atoms with van der Waals surface area (Å²) in [5.41, 5.74) is 24.4. The van der Waals surface area contributed by atoms with E-state index in [9.17, 15) is 9.59 Å². The number of para-hydroxylation sites is 4. The Morgan fingerprint density at radius 2 is 0.528 bits per heavy atom. The van der Waals surface area contributed by atoms with Gasteiger partial charge in [-0.25, -0.2) is 9.59 Å². The zero-order chi connectivity index (χ0) is 25.3. The molecule has 4 aromatic rings. The number of amides is 4. The number of carbonyl (C=O) groups excluding carboxylic acids is 2. The minimum Gasteiger partial charge on any atom is -0.297 e. The van der Waals surface area contributed by atoms with Gasteiger partial charge in [0, 0.05) is 0 Å². The van der Waals surface area contributed by atoms with Crippen molar-refractivity contribution in [1.82, 2.24) is 21.7 Å². The maximum Gasteiger partial charge on any atom is 0.352 e. The van der Waals surface area contributed by atoms with E-state index in [2.05, 4.69) is 43.4 Å². The molecule has 10 heteroatoms. The number of nitrogens with one attached hydrogen (secondary N) is 8. The maximum atomic E-state index is 11.4. The minimum absolute atomic E-state index is 0.372. The van der Waals surface area contributed by atoms with E-state index in [4.69, 9.17) is 0 Å². The molecule has 0 bridgehead atoms. The van der Waals surface area contributed by atoms with Gasteiger partial charge in [0.05, 0.1) is 22.7 Å². The quantitative estimate of drug-likeness (QED) is 0.171. The lowest BCUT2D eigenvalue weighted by atomic mass is 10.3. The number of rotatable bonds is 8. The summed E-state index contributed by atoms with van der Waals surface area (Å²) in [6.07, 6.45) is 0. The van der Waals surface area contributed by atoms with E-state index in [1.165, 1.54) is 0 Å². The first-order chi connectivity index (χ1) is 17.7. The third-order valence-electron chi connectivity index (χ3n) is 4.38. The third-order valence-corrected chi connectivity index (χ3v) is 4.38. The Balaban J connectivity index is 0.000000201. The molecule has 0 fully saturated rings. The van der Waals surface area contributed by atoms with Gasteiger partial charge in [-0.3, -0.25) is 43.4 Å². The van der Waals surface area contributed by atoms with Gasteiger partial charge in [-0.15, -0.1) is 0 Å². The molecule has 0 saturated carbocycles. The predicted molar refractivity (Wildman–Crippen MR) is 144 cm³/mol. The second kappa shape index (κ2) is 14.7. The molecule has 8 N–H and O–H groups in total. The Morgan fingerprint density at radius 3 is 0.722 bits per heavy atom. The second-order valence-corrected chi connectivity index (χ2v) is 7.12. The molecule has 0 radical (unpaired) electrons. The first kappa shape index (κ1) is 25.2. The van der Waals surface area contributed by atoms with Crippen molar-refractivity contribution >= 4 is 34.8 Å². The first-order valence-corrected chi connectivity index (χ1v) is 11.1. The van der Waals surface area contributed by atoms with Gasteiger partial charge in [0.1, 0.15) is 0 Å². The van der Waals surface area contributed by atoms with Gasteiger partial charge in [0.2, 0.25) is 0 Å². The van der Waals surface area contributed by atoms with Crippen LogP contribution in [0.3, 0.4) is 0 Å². The van der Waals surface area contributed by atoms with Crippen LogP contribution in [0.1, 0.15) is 0 Å². The SMILES string of the molecule is O=C(NNc1ccccc1)NNc1ccccc1.O=C(NNc1ccccc1)NNc1ccccc1. The number of hydrogen-bond acceptors (Lipinski definition) is 6. The molecule has 0 aliphatic heterocycles. The first-order valence-electron chi connectivity index (χ1n) is 11.1. The zero-order valence-electron chi connectivity index (χ0n) is 19.4. The van der Waals surface area contributed by atoms with Crippen LogP contribution >= 0.6 is 0 Å². The maximum absolute atomic E-state index is 11.4. The Morgan fingerprint density at radius 1 is 0.333 bits per heavy atom. The summed E-state index contributed by atoms with van der Waals surface area (Å²) in [4.78, 5) is 22.9. The molecule has 0 aromatic heterocycles. The van der Waals surface area contributed by atoms with Crippen LogP contribution in [0.15, 0.2) is 121 Å². The molecule has 0 atom stereocenters. The highest BCUT2D eigenvalue weighted by molar-refractivity contribution is 5.77. The van der Waals surface area contributed by atoms with E-state index in [0.29, 0.717) is 0 Å². The number of anilines is 4. The van der Waals surface area contributed by atoms with Crippen LogP contribution < -0.4 is 43.4 Å². The van der Waals surface area contributed by atoms with Gasteiger partial charge in [-0.1, -0.05) is 72.8 Å². The van der Waals surface area contributed by atoms with Crippen LogP contribution in [0.25, 0.3) is 0 Å². The zero-order valence-corrected chi connectivity index (χ0v) is 19.4. The molecule has 0 saturated heterocycles. The summed E-state index contributed by atoms with van der Waals surface area (Å²) in [5, 5.41) is 0. The fourth-order valence-corrected chi connectivity index (χ4v) is 2.66.